The van der Waals surface area contributed by atoms with E-state index in [2.05, 4.69) is 15.4 Å². The minimum Gasteiger partial charge on any atom is -0.480 e. The number of piperidine rings is 2. The molecule has 2 heterocycles. The number of aliphatic carboxylic acids is 1. The maximum atomic E-state index is 12.9. The molecule has 0 aromatic heterocycles. The fourth-order valence-corrected chi connectivity index (χ4v) is 7.27. The van der Waals surface area contributed by atoms with Gasteiger partial charge in [-0.25, -0.2) is 28.8 Å². The number of carbonyl (C=O) groups excluding carboxylic acids is 5. The Kier molecular flexibility index (Phi) is 15.4. The maximum Gasteiger partial charge on any atom is 0.409 e. The number of esters is 1. The molecule has 2 saturated heterocycles. The summed E-state index contributed by atoms with van der Waals surface area (Å²) in [4.78, 5) is 75.2. The van der Waals surface area contributed by atoms with Crippen LogP contribution in [0.1, 0.15) is 95.5 Å². The molecule has 53 heavy (non-hydrogen) atoms. The van der Waals surface area contributed by atoms with E-state index in [1.807, 2.05) is 30.3 Å². The lowest BCUT2D eigenvalue weighted by Gasteiger charge is -2.36. The highest BCUT2D eigenvalue weighted by atomic mass is 16.6. The molecule has 5 rings (SSSR count). The van der Waals surface area contributed by atoms with E-state index in [4.69, 9.17) is 18.9 Å². The highest BCUT2D eigenvalue weighted by Crippen LogP contribution is 2.31. The van der Waals surface area contributed by atoms with Crippen molar-refractivity contribution >= 4 is 36.3 Å². The Balaban J connectivity index is 0.000000245. The number of alkyl carbamates (subject to hydrolysis) is 2. The van der Waals surface area contributed by atoms with E-state index in [0.29, 0.717) is 77.5 Å². The van der Waals surface area contributed by atoms with Crippen molar-refractivity contribution in [2.45, 2.75) is 120 Å². The molecule has 0 spiro atoms. The van der Waals surface area contributed by atoms with Crippen LogP contribution in [0.3, 0.4) is 0 Å². The van der Waals surface area contributed by atoms with Crippen molar-refractivity contribution < 1.29 is 57.6 Å². The van der Waals surface area contributed by atoms with Gasteiger partial charge in [-0.3, -0.25) is 0 Å². The zero-order valence-corrected chi connectivity index (χ0v) is 30.8. The summed E-state index contributed by atoms with van der Waals surface area (Å²) in [5, 5.41) is 14.8. The van der Waals surface area contributed by atoms with Crippen LogP contribution >= 0.6 is 0 Å². The second-order valence-electron chi connectivity index (χ2n) is 14.0. The number of amides is 4. The average Bonchev–Trinajstić information content (AvgIpc) is 3.18. The lowest BCUT2D eigenvalue weighted by molar-refractivity contribution is -0.154. The normalized spacial score (nSPS) is 20.0. The molecule has 1 aromatic rings. The van der Waals surface area contributed by atoms with Crippen LogP contribution in [0.15, 0.2) is 30.3 Å². The monoisotopic (exact) mass is 746 g/mol. The van der Waals surface area contributed by atoms with Gasteiger partial charge in [-0.1, -0.05) is 68.9 Å². The number of likely N-dealkylation sites (tertiary alicyclic amines) is 2. The minimum atomic E-state index is -1.21. The highest BCUT2D eigenvalue weighted by molar-refractivity contribution is 5.86. The number of carbonyl (C=O) groups is 6. The Morgan fingerprint density at radius 3 is 1.49 bits per heavy atom. The molecule has 4 fully saturated rings. The number of ether oxygens (including phenoxy) is 5. The van der Waals surface area contributed by atoms with Crippen LogP contribution in [-0.4, -0.2) is 115 Å². The van der Waals surface area contributed by atoms with Gasteiger partial charge in [0.1, 0.15) is 29.9 Å². The van der Waals surface area contributed by atoms with Gasteiger partial charge in [-0.2, -0.15) is 0 Å². The molecule has 1 aromatic carbocycles. The molecule has 16 nitrogen and oxygen atoms in total. The molecular formula is C37H54N4O12. The number of hydrogen-bond donors (Lipinski definition) is 3. The molecular weight excluding hydrogens is 692 g/mol. The van der Waals surface area contributed by atoms with E-state index in [9.17, 15) is 33.9 Å². The van der Waals surface area contributed by atoms with E-state index in [1.165, 1.54) is 14.2 Å². The largest absolute Gasteiger partial charge is 0.480 e. The van der Waals surface area contributed by atoms with Gasteiger partial charge in [0.15, 0.2) is 0 Å². The molecule has 3 N–H and O–H groups in total. The first-order chi connectivity index (χ1) is 25.5. The molecule has 2 aliphatic heterocycles. The summed E-state index contributed by atoms with van der Waals surface area (Å²) in [5.74, 6) is -1.42. The first-order valence-corrected chi connectivity index (χ1v) is 18.6. The Labute approximate surface area is 310 Å². The van der Waals surface area contributed by atoms with E-state index < -0.39 is 35.2 Å². The Morgan fingerprint density at radius 2 is 1.08 bits per heavy atom. The first kappa shape index (κ1) is 41.0. The second kappa shape index (κ2) is 19.9. The first-order valence-electron chi connectivity index (χ1n) is 18.6. The number of benzene rings is 1. The fraction of sp³-hybridized carbons (Fsp3) is 0.676. The minimum absolute atomic E-state index is 0.171. The molecule has 294 valence electrons. The number of rotatable bonds is 8. The van der Waals surface area contributed by atoms with E-state index in [-0.39, 0.29) is 31.0 Å². The summed E-state index contributed by atoms with van der Waals surface area (Å²) in [7, 11) is 2.67. The van der Waals surface area contributed by atoms with E-state index in [1.54, 1.807) is 9.80 Å². The van der Waals surface area contributed by atoms with Gasteiger partial charge in [0.25, 0.3) is 0 Å². The second-order valence-corrected chi connectivity index (χ2v) is 14.0. The van der Waals surface area contributed by atoms with Crippen molar-refractivity contribution in [3.63, 3.8) is 0 Å². The number of nitrogens with zero attached hydrogens (tertiary/aromatic N) is 2. The van der Waals surface area contributed by atoms with Crippen molar-refractivity contribution in [1.29, 1.82) is 0 Å². The van der Waals surface area contributed by atoms with Crippen molar-refractivity contribution in [1.82, 2.24) is 20.4 Å². The number of carboxylic acids is 1. The van der Waals surface area contributed by atoms with Crippen molar-refractivity contribution in [3.05, 3.63) is 35.9 Å². The number of nitrogens with one attached hydrogen (secondary N) is 2. The van der Waals surface area contributed by atoms with Gasteiger partial charge in [-0.05, 0) is 31.2 Å². The number of carboxylic acid groups (broad SMARTS) is 1. The smallest absolute Gasteiger partial charge is 0.409 e. The van der Waals surface area contributed by atoms with Gasteiger partial charge >= 0.3 is 36.3 Å². The summed E-state index contributed by atoms with van der Waals surface area (Å²) in [6.07, 6.45) is 6.63. The van der Waals surface area contributed by atoms with Crippen molar-refractivity contribution in [2.75, 3.05) is 40.4 Å². The topological polar surface area (TPSA) is 199 Å². The number of hydrogen-bond acceptors (Lipinski definition) is 11. The maximum absolute atomic E-state index is 12.9. The molecule has 0 atom stereocenters. The summed E-state index contributed by atoms with van der Waals surface area (Å²) >= 11 is 0. The van der Waals surface area contributed by atoms with Gasteiger partial charge in [-0.15, -0.1) is 0 Å². The Bertz CT molecular complexity index is 1380. The van der Waals surface area contributed by atoms with Crippen LogP contribution in [0.2, 0.25) is 0 Å². The molecule has 4 aliphatic rings. The van der Waals surface area contributed by atoms with Gasteiger partial charge < -0.3 is 49.2 Å². The fourth-order valence-electron chi connectivity index (χ4n) is 7.27. The van der Waals surface area contributed by atoms with E-state index >= 15 is 0 Å². The third-order valence-corrected chi connectivity index (χ3v) is 10.4. The molecule has 0 radical (unpaired) electrons. The molecule has 2 aliphatic carbocycles. The summed E-state index contributed by atoms with van der Waals surface area (Å²) < 4.78 is 25.8. The zero-order valence-electron chi connectivity index (χ0n) is 30.8. The standard InChI is InChI=1S/C22H30N2O6.C15H24N2O6/c1-28-21(27)24-14-10-18(11-15-24)30-20(26)23-22(12-6-3-7-13-22)19(25)29-16-17-8-4-2-5-9-17;1-22-14(21)17-9-5-11(6-10-17)23-13(20)16-15(12(18)19)7-3-2-4-8-15/h2,4-5,8-9,18H,3,6-7,10-16H2,1H3,(H,23,26);11H,2-10H2,1H3,(H,16,20)(H,18,19). The Hall–Kier alpha value is -4.76. The molecule has 0 unspecified atom stereocenters. The predicted molar refractivity (Wildman–Crippen MR) is 189 cm³/mol. The lowest BCUT2D eigenvalue weighted by Crippen LogP contribution is -2.57. The molecule has 4 amide bonds. The molecule has 2 saturated carbocycles. The van der Waals surface area contributed by atoms with Crippen molar-refractivity contribution in [3.8, 4) is 0 Å². The highest BCUT2D eigenvalue weighted by Gasteiger charge is 2.44. The van der Waals surface area contributed by atoms with Gasteiger partial charge in [0.05, 0.1) is 14.2 Å². The molecule has 16 heteroatoms. The molecule has 0 bridgehead atoms. The summed E-state index contributed by atoms with van der Waals surface area (Å²) in [6.45, 7) is 2.01. The summed E-state index contributed by atoms with van der Waals surface area (Å²) in [5.41, 5.74) is -1.35. The van der Waals surface area contributed by atoms with Crippen LogP contribution in [0.4, 0.5) is 19.2 Å². The van der Waals surface area contributed by atoms with Crippen molar-refractivity contribution in [2.24, 2.45) is 0 Å². The number of methoxy groups -OCH3 is 2. The van der Waals surface area contributed by atoms with Crippen LogP contribution in [0.5, 0.6) is 0 Å². The quantitative estimate of drug-likeness (QED) is 0.235. The Morgan fingerprint density at radius 1 is 0.660 bits per heavy atom. The van der Waals surface area contributed by atoms with Crippen LogP contribution < -0.4 is 10.6 Å². The van der Waals surface area contributed by atoms with Crippen LogP contribution in [0, 0.1) is 0 Å². The van der Waals surface area contributed by atoms with Gasteiger partial charge in [0, 0.05) is 51.9 Å². The zero-order chi connectivity index (χ0) is 38.3. The SMILES string of the molecule is COC(=O)N1CCC(OC(=O)NC2(C(=O)O)CCCCC2)CC1.COC(=O)N1CCC(OC(=O)NC2(C(=O)OCc3ccccc3)CCCCC2)CC1. The summed E-state index contributed by atoms with van der Waals surface area (Å²) in [6, 6.07) is 9.47. The van der Waals surface area contributed by atoms with Crippen LogP contribution in [0.25, 0.3) is 0 Å². The third kappa shape index (κ3) is 11.9. The van der Waals surface area contributed by atoms with Gasteiger partial charge in [0.2, 0.25) is 0 Å². The lowest BCUT2D eigenvalue weighted by atomic mass is 9.82. The van der Waals surface area contributed by atoms with Crippen LogP contribution in [-0.2, 0) is 39.9 Å². The average molecular weight is 747 g/mol. The predicted octanol–water partition coefficient (Wildman–Crippen LogP) is 5.12. The third-order valence-electron chi connectivity index (χ3n) is 10.4. The van der Waals surface area contributed by atoms with E-state index in [0.717, 1.165) is 44.1 Å².